The van der Waals surface area contributed by atoms with Crippen molar-refractivity contribution >= 4 is 84.3 Å². The van der Waals surface area contributed by atoms with Crippen molar-refractivity contribution in [1.82, 2.24) is 21.3 Å². The highest BCUT2D eigenvalue weighted by atomic mass is 32.1. The summed E-state index contributed by atoms with van der Waals surface area (Å²) < 4.78 is 0. The molecule has 52 heavy (non-hydrogen) atoms. The first-order valence-electron chi connectivity index (χ1n) is 15.0. The number of Topliss-reactive ketones (excluding diaryl/α,β-unsaturated/α-hetero) is 2. The molecule has 282 valence electrons. The number of ketones is 2. The predicted molar refractivity (Wildman–Crippen MR) is 183 cm³/mol. The van der Waals surface area contributed by atoms with E-state index < -0.39 is 144 Å². The van der Waals surface area contributed by atoms with E-state index in [1.54, 1.807) is 0 Å². The molecule has 2 rings (SSSR count). The number of carbonyl (C=O) groups is 10. The van der Waals surface area contributed by atoms with Gasteiger partial charge in [-0.1, -0.05) is 24.3 Å². The summed E-state index contributed by atoms with van der Waals surface area (Å²) in [5.41, 5.74) is 2.43. The molecule has 0 heterocycles. The Bertz CT molecular complexity index is 1600. The Labute approximate surface area is 304 Å². The van der Waals surface area contributed by atoms with Gasteiger partial charge in [0.15, 0.2) is 22.6 Å². The van der Waals surface area contributed by atoms with E-state index in [-0.39, 0.29) is 11.1 Å². The number of thiol groups is 2. The number of benzene rings is 1. The zero-order valence-corrected chi connectivity index (χ0v) is 28.8. The van der Waals surface area contributed by atoms with Crippen LogP contribution in [0.3, 0.4) is 0 Å². The first kappa shape index (κ1) is 42.8. The van der Waals surface area contributed by atoms with Gasteiger partial charge in [0.25, 0.3) is 11.8 Å². The van der Waals surface area contributed by atoms with Gasteiger partial charge in [0, 0.05) is 46.6 Å². The summed E-state index contributed by atoms with van der Waals surface area (Å²) in [6.07, 6.45) is -2.47. The van der Waals surface area contributed by atoms with Crippen LogP contribution in [-0.2, 0) is 38.4 Å². The summed E-state index contributed by atoms with van der Waals surface area (Å²) in [5, 5.41) is 45.4. The smallest absolute Gasteiger partial charge is 0.322 e. The quantitative estimate of drug-likeness (QED) is 0.0579. The Kier molecular flexibility index (Phi) is 15.0. The molecule has 0 bridgehead atoms. The Hall–Kier alpha value is -5.32. The van der Waals surface area contributed by atoms with Crippen molar-refractivity contribution in [1.29, 1.82) is 0 Å². The SMILES string of the molecule is N[C@@H](CCC(=O)N[C@](CS)(C(=O)NCC(=O)O)C1=C([C@](CS)(NC(=O)CC[C@H](N)C(=O)O)C(=O)NCC(=O)O)C(=O)c2ccccc2C1=O)C(=O)O. The summed E-state index contributed by atoms with van der Waals surface area (Å²) in [6.45, 7) is -2.24. The molecule has 20 nitrogen and oxygen atoms in total. The van der Waals surface area contributed by atoms with E-state index in [9.17, 15) is 58.2 Å². The van der Waals surface area contributed by atoms with Gasteiger partial charge in [-0.2, -0.15) is 25.3 Å². The second kappa shape index (κ2) is 18.3. The van der Waals surface area contributed by atoms with E-state index in [0.29, 0.717) is 0 Å². The standard InChI is InChI=1S/C30H36N6O14S2/c31-15(25(45)46)5-7-17(37)35-29(11-51,27(49)33-9-19(39)40)21-22(24(44)14-4-2-1-3-13(14)23(21)43)30(12-52,28(50)34-10-20(41)42)36-18(38)8-6-16(32)26(47)48/h1-4,15-16,51-52H,5-12,31-32H2,(H,33,49)(H,34,50)(H,35,37)(H,36,38)(H,39,40)(H,41,42)(H,45,46)(H,47,48)/t15-,16-,29-,30-/m0/s1. The van der Waals surface area contributed by atoms with Crippen molar-refractivity contribution in [2.24, 2.45) is 11.5 Å². The first-order chi connectivity index (χ1) is 24.3. The van der Waals surface area contributed by atoms with Crippen molar-refractivity contribution in [3.63, 3.8) is 0 Å². The van der Waals surface area contributed by atoms with Crippen molar-refractivity contribution in [2.75, 3.05) is 24.6 Å². The predicted octanol–water partition coefficient (Wildman–Crippen LogP) is -3.28. The minimum atomic E-state index is -2.88. The monoisotopic (exact) mass is 768 g/mol. The largest absolute Gasteiger partial charge is 0.480 e. The zero-order chi connectivity index (χ0) is 39.6. The van der Waals surface area contributed by atoms with Gasteiger partial charge in [-0.15, -0.1) is 0 Å². The van der Waals surface area contributed by atoms with E-state index in [4.69, 9.17) is 21.7 Å². The Balaban J connectivity index is 3.10. The molecule has 22 heteroatoms. The number of nitrogens with two attached hydrogens (primary N) is 2. The van der Waals surface area contributed by atoms with Gasteiger partial charge in [-0.3, -0.25) is 47.9 Å². The zero-order valence-electron chi connectivity index (χ0n) is 27.0. The van der Waals surface area contributed by atoms with Crippen molar-refractivity contribution in [3.8, 4) is 0 Å². The molecule has 12 N–H and O–H groups in total. The van der Waals surface area contributed by atoms with Crippen LogP contribution in [-0.4, -0.2) is 127 Å². The summed E-state index contributed by atoms with van der Waals surface area (Å²) in [6, 6.07) is 1.80. The number of hydrogen-bond acceptors (Lipinski definition) is 14. The second-order valence-corrected chi connectivity index (χ2v) is 11.9. The number of rotatable bonds is 20. The summed E-state index contributed by atoms with van der Waals surface area (Å²) >= 11 is 8.38. The molecule has 0 aromatic heterocycles. The van der Waals surface area contributed by atoms with Crippen LogP contribution in [0.2, 0.25) is 0 Å². The normalized spacial score (nSPS) is 15.8. The lowest BCUT2D eigenvalue weighted by atomic mass is 9.69. The Morgan fingerprint density at radius 1 is 0.635 bits per heavy atom. The van der Waals surface area contributed by atoms with E-state index >= 15 is 0 Å². The molecule has 0 saturated carbocycles. The third kappa shape index (κ3) is 9.71. The summed E-state index contributed by atoms with van der Waals surface area (Å²) in [4.78, 5) is 129. The van der Waals surface area contributed by atoms with Gasteiger partial charge in [-0.25, -0.2) is 0 Å². The number of amides is 4. The van der Waals surface area contributed by atoms with Crippen LogP contribution in [0.5, 0.6) is 0 Å². The highest BCUT2D eigenvalue weighted by molar-refractivity contribution is 7.80. The van der Waals surface area contributed by atoms with E-state index in [1.165, 1.54) is 12.1 Å². The average molecular weight is 769 g/mol. The third-order valence-corrected chi connectivity index (χ3v) is 8.68. The van der Waals surface area contributed by atoms with E-state index in [2.05, 4.69) is 35.9 Å². The van der Waals surface area contributed by atoms with Gasteiger partial charge in [0.2, 0.25) is 11.8 Å². The molecule has 4 amide bonds. The van der Waals surface area contributed by atoms with E-state index in [1.807, 2.05) is 10.6 Å². The fourth-order valence-electron chi connectivity index (χ4n) is 5.07. The molecular formula is C30H36N6O14S2. The minimum absolute atomic E-state index is 0.386. The van der Waals surface area contributed by atoms with E-state index in [0.717, 1.165) is 12.1 Å². The number of nitrogens with one attached hydrogen (secondary N) is 4. The van der Waals surface area contributed by atoms with Crippen LogP contribution < -0.4 is 32.7 Å². The van der Waals surface area contributed by atoms with Gasteiger partial charge < -0.3 is 53.2 Å². The average Bonchev–Trinajstić information content (AvgIpc) is 3.10. The lowest BCUT2D eigenvalue weighted by Gasteiger charge is -2.42. The fraction of sp³-hybridized carbons (Fsp3) is 0.400. The molecule has 1 aromatic rings. The number of carboxylic acid groups (broad SMARTS) is 4. The topological polar surface area (TPSA) is 352 Å². The van der Waals surface area contributed by atoms with Gasteiger partial charge >= 0.3 is 23.9 Å². The maximum absolute atomic E-state index is 14.6. The van der Waals surface area contributed by atoms with Crippen LogP contribution >= 0.6 is 25.3 Å². The molecule has 0 fully saturated rings. The highest BCUT2D eigenvalue weighted by Gasteiger charge is 2.57. The summed E-state index contributed by atoms with van der Waals surface area (Å²) in [5.74, 6) is -15.8. The molecule has 0 aliphatic heterocycles. The van der Waals surface area contributed by atoms with Gasteiger partial charge in [0.1, 0.15) is 25.2 Å². The number of fused-ring (bicyclic) bond motifs is 1. The van der Waals surface area contributed by atoms with Crippen molar-refractivity contribution < 1.29 is 68.4 Å². The lowest BCUT2D eigenvalue weighted by molar-refractivity contribution is -0.140. The number of hydrogen-bond donors (Lipinski definition) is 12. The molecular weight excluding hydrogens is 732 g/mol. The number of carbonyl (C=O) groups excluding carboxylic acids is 6. The fourth-order valence-corrected chi connectivity index (χ4v) is 5.83. The Morgan fingerprint density at radius 2 is 0.962 bits per heavy atom. The minimum Gasteiger partial charge on any atom is -0.480 e. The van der Waals surface area contributed by atoms with Crippen LogP contribution in [0.15, 0.2) is 35.4 Å². The molecule has 0 radical (unpaired) electrons. The molecule has 0 unspecified atom stereocenters. The number of aliphatic carboxylic acids is 4. The molecule has 1 aliphatic rings. The first-order valence-corrected chi connectivity index (χ1v) is 16.3. The van der Waals surface area contributed by atoms with Crippen LogP contribution in [0, 0.1) is 0 Å². The van der Waals surface area contributed by atoms with Crippen molar-refractivity contribution in [2.45, 2.75) is 48.8 Å². The van der Waals surface area contributed by atoms with Gasteiger partial charge in [0.05, 0.1) is 0 Å². The molecule has 1 aliphatic carbocycles. The van der Waals surface area contributed by atoms with Crippen LogP contribution in [0.1, 0.15) is 46.4 Å². The van der Waals surface area contributed by atoms with Crippen LogP contribution in [0.4, 0.5) is 0 Å². The summed E-state index contributed by atoms with van der Waals surface area (Å²) in [7, 11) is 0. The van der Waals surface area contributed by atoms with Gasteiger partial charge in [-0.05, 0) is 12.8 Å². The van der Waals surface area contributed by atoms with Crippen LogP contribution in [0.25, 0.3) is 0 Å². The maximum Gasteiger partial charge on any atom is 0.322 e. The van der Waals surface area contributed by atoms with Crippen molar-refractivity contribution in [3.05, 3.63) is 46.5 Å². The molecule has 0 saturated heterocycles. The molecule has 1 aromatic carbocycles. The number of carboxylic acids is 4. The highest BCUT2D eigenvalue weighted by Crippen LogP contribution is 2.39. The molecule has 0 spiro atoms. The third-order valence-electron chi connectivity index (χ3n) is 7.73. The lowest BCUT2D eigenvalue weighted by Crippen LogP contribution is -2.68. The molecule has 4 atom stereocenters. The maximum atomic E-state index is 14.6. The second-order valence-electron chi connectivity index (χ2n) is 11.3. The Morgan fingerprint density at radius 3 is 1.23 bits per heavy atom.